The minimum atomic E-state index is -4.02. The minimum Gasteiger partial charge on any atom is -0.378 e. The van der Waals surface area contributed by atoms with Crippen LogP contribution in [0.4, 0.5) is 22.7 Å². The summed E-state index contributed by atoms with van der Waals surface area (Å²) in [6, 6.07) is 17.9. The lowest BCUT2D eigenvalue weighted by molar-refractivity contribution is -0.385. The maximum absolute atomic E-state index is 12.5. The van der Waals surface area contributed by atoms with E-state index in [1.165, 1.54) is 42.5 Å². The van der Waals surface area contributed by atoms with E-state index in [0.717, 1.165) is 11.8 Å². The highest BCUT2D eigenvalue weighted by molar-refractivity contribution is 7.92. The van der Waals surface area contributed by atoms with Gasteiger partial charge >= 0.3 is 0 Å². The Hall–Kier alpha value is -3.92. The summed E-state index contributed by atoms with van der Waals surface area (Å²) in [6.45, 7) is 0. The molecule has 0 aromatic heterocycles. The fraction of sp³-hybridized carbons (Fsp3) is 0.0952. The van der Waals surface area contributed by atoms with Crippen molar-refractivity contribution in [2.75, 3.05) is 29.0 Å². The molecule has 0 saturated carbocycles. The Bertz CT molecular complexity index is 1210. The molecule has 3 aromatic carbocycles. The van der Waals surface area contributed by atoms with Crippen LogP contribution in [0.15, 0.2) is 77.7 Å². The number of nitro groups is 1. The van der Waals surface area contributed by atoms with Crippen molar-refractivity contribution in [1.29, 1.82) is 0 Å². The lowest BCUT2D eigenvalue weighted by Gasteiger charge is -2.13. The standard InChI is InChI=1S/C21H20N4O5S/c1-24(2)18-12-10-16(11-13-18)22-21(26)15-6-8-17(9-7-15)23-31(29,30)20-5-3-4-19(14-20)25(27)28/h3-14,23H,1-2H3,(H,22,26). The first-order valence-electron chi connectivity index (χ1n) is 9.12. The van der Waals surface area contributed by atoms with E-state index in [9.17, 15) is 23.3 Å². The van der Waals surface area contributed by atoms with Crippen LogP contribution in [0.3, 0.4) is 0 Å². The number of nitrogens with one attached hydrogen (secondary N) is 2. The van der Waals surface area contributed by atoms with Gasteiger partial charge in [-0.2, -0.15) is 0 Å². The molecule has 0 aliphatic rings. The second-order valence-corrected chi connectivity index (χ2v) is 8.52. The number of anilines is 3. The van der Waals surface area contributed by atoms with Gasteiger partial charge in [-0.15, -0.1) is 0 Å². The van der Waals surface area contributed by atoms with Gasteiger partial charge in [-0.05, 0) is 54.6 Å². The van der Waals surface area contributed by atoms with Gasteiger partial charge in [0.1, 0.15) is 0 Å². The first kappa shape index (κ1) is 21.8. The van der Waals surface area contributed by atoms with Gasteiger partial charge in [0.25, 0.3) is 21.6 Å². The van der Waals surface area contributed by atoms with Crippen LogP contribution in [-0.2, 0) is 10.0 Å². The van der Waals surface area contributed by atoms with E-state index in [1.807, 2.05) is 31.1 Å². The Morgan fingerprint density at radius 2 is 1.55 bits per heavy atom. The number of rotatable bonds is 7. The van der Waals surface area contributed by atoms with E-state index >= 15 is 0 Å². The largest absolute Gasteiger partial charge is 0.378 e. The van der Waals surface area contributed by atoms with Gasteiger partial charge in [0, 0.05) is 48.9 Å². The molecule has 0 saturated heterocycles. The van der Waals surface area contributed by atoms with E-state index < -0.39 is 14.9 Å². The van der Waals surface area contributed by atoms with Gasteiger partial charge < -0.3 is 10.2 Å². The lowest BCUT2D eigenvalue weighted by atomic mass is 10.2. The highest BCUT2D eigenvalue weighted by Crippen LogP contribution is 2.21. The van der Waals surface area contributed by atoms with Crippen LogP contribution in [-0.4, -0.2) is 33.3 Å². The second-order valence-electron chi connectivity index (χ2n) is 6.83. The zero-order chi connectivity index (χ0) is 22.6. The van der Waals surface area contributed by atoms with Gasteiger partial charge in [0.2, 0.25) is 0 Å². The highest BCUT2D eigenvalue weighted by atomic mass is 32.2. The molecule has 160 valence electrons. The Morgan fingerprint density at radius 1 is 0.935 bits per heavy atom. The number of nitro benzene ring substituents is 1. The summed E-state index contributed by atoms with van der Waals surface area (Å²) in [4.78, 5) is 24.3. The third kappa shape index (κ3) is 5.37. The molecule has 9 nitrogen and oxygen atoms in total. The van der Waals surface area contributed by atoms with Crippen molar-refractivity contribution in [2.45, 2.75) is 4.90 Å². The Kier molecular flexibility index (Phi) is 6.21. The fourth-order valence-electron chi connectivity index (χ4n) is 2.71. The van der Waals surface area contributed by atoms with Gasteiger partial charge in [-0.1, -0.05) is 6.07 Å². The molecule has 0 spiro atoms. The monoisotopic (exact) mass is 440 g/mol. The number of sulfonamides is 1. The summed E-state index contributed by atoms with van der Waals surface area (Å²) < 4.78 is 27.3. The lowest BCUT2D eigenvalue weighted by Crippen LogP contribution is -2.14. The number of hydrogen-bond donors (Lipinski definition) is 2. The number of hydrogen-bond acceptors (Lipinski definition) is 6. The number of benzene rings is 3. The maximum Gasteiger partial charge on any atom is 0.270 e. The molecule has 1 amide bonds. The normalized spacial score (nSPS) is 10.9. The predicted octanol–water partition coefficient (Wildman–Crippen LogP) is 3.71. The van der Waals surface area contributed by atoms with E-state index in [4.69, 9.17) is 0 Å². The molecule has 3 rings (SSSR count). The molecular weight excluding hydrogens is 420 g/mol. The number of amides is 1. The maximum atomic E-state index is 12.5. The molecule has 0 aliphatic carbocycles. The molecule has 0 heterocycles. The summed E-state index contributed by atoms with van der Waals surface area (Å²) in [5.74, 6) is -0.342. The molecule has 0 aliphatic heterocycles. The molecule has 31 heavy (non-hydrogen) atoms. The van der Waals surface area contributed by atoms with Crippen molar-refractivity contribution >= 4 is 38.7 Å². The van der Waals surface area contributed by atoms with E-state index in [2.05, 4.69) is 10.0 Å². The quantitative estimate of drug-likeness (QED) is 0.427. The Balaban J connectivity index is 1.70. The molecule has 0 atom stereocenters. The predicted molar refractivity (Wildman–Crippen MR) is 119 cm³/mol. The summed E-state index contributed by atoms with van der Waals surface area (Å²) in [7, 11) is -0.183. The number of carbonyl (C=O) groups is 1. The van der Waals surface area contributed by atoms with Crippen LogP contribution < -0.4 is 14.9 Å². The molecular formula is C21H20N4O5S. The first-order chi connectivity index (χ1) is 14.7. The third-order valence-corrected chi connectivity index (χ3v) is 5.76. The van der Waals surface area contributed by atoms with Crippen LogP contribution in [0.1, 0.15) is 10.4 Å². The summed E-state index contributed by atoms with van der Waals surface area (Å²) in [5, 5.41) is 13.6. The van der Waals surface area contributed by atoms with Crippen molar-refractivity contribution in [3.63, 3.8) is 0 Å². The summed E-state index contributed by atoms with van der Waals surface area (Å²) in [6.07, 6.45) is 0. The summed E-state index contributed by atoms with van der Waals surface area (Å²) in [5.41, 5.74) is 1.87. The smallest absolute Gasteiger partial charge is 0.270 e. The van der Waals surface area contributed by atoms with Crippen molar-refractivity contribution in [3.8, 4) is 0 Å². The zero-order valence-electron chi connectivity index (χ0n) is 16.8. The van der Waals surface area contributed by atoms with Crippen molar-refractivity contribution in [1.82, 2.24) is 0 Å². The highest BCUT2D eigenvalue weighted by Gasteiger charge is 2.18. The average molecular weight is 440 g/mol. The van der Waals surface area contributed by atoms with Crippen LogP contribution in [0.2, 0.25) is 0 Å². The van der Waals surface area contributed by atoms with Gasteiger partial charge in [-0.3, -0.25) is 19.6 Å². The molecule has 10 heteroatoms. The Morgan fingerprint density at radius 3 is 2.13 bits per heavy atom. The van der Waals surface area contributed by atoms with E-state index in [0.29, 0.717) is 11.3 Å². The van der Waals surface area contributed by atoms with E-state index in [1.54, 1.807) is 12.1 Å². The molecule has 0 fully saturated rings. The van der Waals surface area contributed by atoms with Crippen molar-refractivity contribution in [3.05, 3.63) is 88.5 Å². The van der Waals surface area contributed by atoms with Gasteiger partial charge in [-0.25, -0.2) is 8.42 Å². The topological polar surface area (TPSA) is 122 Å². The SMILES string of the molecule is CN(C)c1ccc(NC(=O)c2ccc(NS(=O)(=O)c3cccc([N+](=O)[O-])c3)cc2)cc1. The minimum absolute atomic E-state index is 0.221. The number of non-ortho nitro benzene ring substituents is 1. The zero-order valence-corrected chi connectivity index (χ0v) is 17.6. The van der Waals surface area contributed by atoms with Crippen molar-refractivity contribution in [2.24, 2.45) is 0 Å². The van der Waals surface area contributed by atoms with Gasteiger partial charge in [0.15, 0.2) is 0 Å². The number of nitrogens with zero attached hydrogens (tertiary/aromatic N) is 2. The molecule has 0 bridgehead atoms. The molecule has 0 unspecified atom stereocenters. The number of carbonyl (C=O) groups excluding carboxylic acids is 1. The van der Waals surface area contributed by atoms with Crippen LogP contribution in [0.5, 0.6) is 0 Å². The Labute approximate surface area is 179 Å². The average Bonchev–Trinajstić information content (AvgIpc) is 2.74. The second kappa shape index (κ2) is 8.84. The third-order valence-electron chi connectivity index (χ3n) is 4.38. The molecule has 2 N–H and O–H groups in total. The van der Waals surface area contributed by atoms with Crippen molar-refractivity contribution < 1.29 is 18.1 Å². The van der Waals surface area contributed by atoms with E-state index in [-0.39, 0.29) is 22.2 Å². The summed E-state index contributed by atoms with van der Waals surface area (Å²) >= 11 is 0. The van der Waals surface area contributed by atoms with Crippen LogP contribution in [0, 0.1) is 10.1 Å². The first-order valence-corrected chi connectivity index (χ1v) is 10.6. The molecule has 3 aromatic rings. The molecule has 0 radical (unpaired) electrons. The van der Waals surface area contributed by atoms with Crippen LogP contribution in [0.25, 0.3) is 0 Å². The van der Waals surface area contributed by atoms with Gasteiger partial charge in [0.05, 0.1) is 9.82 Å². The van der Waals surface area contributed by atoms with Crippen LogP contribution >= 0.6 is 0 Å². The fourth-order valence-corrected chi connectivity index (χ4v) is 3.81.